The van der Waals surface area contributed by atoms with Crippen molar-refractivity contribution < 1.29 is 18.7 Å². The Hall–Kier alpha value is -4.92. The minimum Gasteiger partial charge on any atom is -0.477 e. The fraction of sp³-hybridized carbons (Fsp3) is 0.0370. The van der Waals surface area contributed by atoms with Crippen molar-refractivity contribution in [3.05, 3.63) is 138 Å². The summed E-state index contributed by atoms with van der Waals surface area (Å²) < 4.78 is 28.0. The van der Waals surface area contributed by atoms with E-state index in [2.05, 4.69) is 19.9 Å². The van der Waals surface area contributed by atoms with Gasteiger partial charge in [0.05, 0.1) is 22.6 Å². The van der Waals surface area contributed by atoms with E-state index >= 15 is 0 Å². The van der Waals surface area contributed by atoms with Crippen LogP contribution in [0.1, 0.15) is 33.0 Å². The summed E-state index contributed by atoms with van der Waals surface area (Å²) in [6.07, 6.45) is 6.44. The van der Waals surface area contributed by atoms with Crippen molar-refractivity contribution >= 4 is 5.97 Å². The quantitative estimate of drug-likeness (QED) is 0.351. The summed E-state index contributed by atoms with van der Waals surface area (Å²) >= 11 is 0. The molecule has 0 saturated carbocycles. The molecule has 0 aliphatic rings. The van der Waals surface area contributed by atoms with Crippen molar-refractivity contribution in [2.24, 2.45) is 0 Å². The Kier molecular flexibility index (Phi) is 5.95. The van der Waals surface area contributed by atoms with Crippen molar-refractivity contribution in [3.8, 4) is 11.3 Å². The summed E-state index contributed by atoms with van der Waals surface area (Å²) in [5.41, 5.74) is 1.06. The number of rotatable bonds is 6. The minimum absolute atomic E-state index is 0.0175. The topological polar surface area (TPSA) is 102 Å². The lowest BCUT2D eigenvalue weighted by atomic mass is 9.69. The summed E-state index contributed by atoms with van der Waals surface area (Å²) in [5.74, 6) is -3.12. The van der Waals surface area contributed by atoms with Crippen molar-refractivity contribution in [3.63, 3.8) is 0 Å². The van der Waals surface area contributed by atoms with E-state index in [9.17, 15) is 18.7 Å². The van der Waals surface area contributed by atoms with Gasteiger partial charge in [-0.1, -0.05) is 12.1 Å². The molecule has 5 aromatic rings. The Labute approximate surface area is 204 Å². The molecule has 0 saturated heterocycles. The lowest BCUT2D eigenvalue weighted by Crippen LogP contribution is -2.33. The van der Waals surface area contributed by atoms with E-state index in [0.29, 0.717) is 22.5 Å². The molecule has 0 aliphatic heterocycles. The van der Waals surface area contributed by atoms with Gasteiger partial charge in [-0.2, -0.15) is 13.8 Å². The lowest BCUT2D eigenvalue weighted by molar-refractivity contribution is 0.0690. The van der Waals surface area contributed by atoms with Crippen molar-refractivity contribution in [2.45, 2.75) is 5.41 Å². The molecule has 7 nitrogen and oxygen atoms in total. The molecule has 0 atom stereocenters. The number of aromatic carboxylic acids is 1. The Morgan fingerprint density at radius 2 is 1.28 bits per heavy atom. The number of carboxylic acids is 1. The zero-order valence-corrected chi connectivity index (χ0v) is 18.6. The van der Waals surface area contributed by atoms with Gasteiger partial charge in [0, 0.05) is 24.8 Å². The van der Waals surface area contributed by atoms with Crippen LogP contribution in [0, 0.1) is 11.9 Å². The standard InChI is InChI=1S/C27H17F2N5O2/c28-24-8-7-19(25(29)34-24)20-3-1-5-22(32-20)27(17-9-13-30-14-10-17,18-11-15-31-16-12-18)23-6-2-4-21(33-23)26(35)36/h1-16H,(H,35,36). The van der Waals surface area contributed by atoms with Crippen LogP contribution >= 0.6 is 0 Å². The van der Waals surface area contributed by atoms with Gasteiger partial charge < -0.3 is 5.11 Å². The van der Waals surface area contributed by atoms with Crippen LogP contribution in [0.5, 0.6) is 0 Å². The van der Waals surface area contributed by atoms with Crippen molar-refractivity contribution in [1.29, 1.82) is 0 Å². The third-order valence-corrected chi connectivity index (χ3v) is 5.80. The number of carbonyl (C=O) groups is 1. The van der Waals surface area contributed by atoms with Crippen LogP contribution in [0.25, 0.3) is 11.3 Å². The zero-order valence-electron chi connectivity index (χ0n) is 18.6. The Morgan fingerprint density at radius 1 is 0.694 bits per heavy atom. The Bertz CT molecular complexity index is 1510. The van der Waals surface area contributed by atoms with E-state index < -0.39 is 23.3 Å². The van der Waals surface area contributed by atoms with Gasteiger partial charge in [0.15, 0.2) is 0 Å². The highest BCUT2D eigenvalue weighted by Gasteiger charge is 2.42. The van der Waals surface area contributed by atoms with Gasteiger partial charge in [0.1, 0.15) is 11.1 Å². The summed E-state index contributed by atoms with van der Waals surface area (Å²) in [7, 11) is 0. The van der Waals surface area contributed by atoms with Crippen LogP contribution in [-0.2, 0) is 5.41 Å². The average molecular weight is 481 g/mol. The molecule has 1 N–H and O–H groups in total. The molecule has 36 heavy (non-hydrogen) atoms. The number of halogens is 2. The maximum Gasteiger partial charge on any atom is 0.354 e. The summed E-state index contributed by atoms with van der Waals surface area (Å²) in [5, 5.41) is 9.66. The van der Waals surface area contributed by atoms with E-state index in [1.807, 2.05) is 0 Å². The predicted molar refractivity (Wildman–Crippen MR) is 126 cm³/mol. The first kappa shape index (κ1) is 22.9. The number of carboxylic acid groups (broad SMARTS) is 1. The second kappa shape index (κ2) is 9.38. The van der Waals surface area contributed by atoms with E-state index in [-0.39, 0.29) is 17.0 Å². The van der Waals surface area contributed by atoms with Gasteiger partial charge in [-0.25, -0.2) is 9.78 Å². The van der Waals surface area contributed by atoms with Crippen LogP contribution in [0.15, 0.2) is 97.6 Å². The smallest absolute Gasteiger partial charge is 0.354 e. The second-order valence-electron chi connectivity index (χ2n) is 7.82. The largest absolute Gasteiger partial charge is 0.477 e. The molecule has 9 heteroatoms. The SMILES string of the molecule is O=C(O)c1cccc(C(c2ccncc2)(c2ccncc2)c2cccc(-c3ccc(F)nc3F)n2)n1. The van der Waals surface area contributed by atoms with Gasteiger partial charge >= 0.3 is 5.97 Å². The number of aromatic nitrogens is 5. The molecule has 0 radical (unpaired) electrons. The Morgan fingerprint density at radius 3 is 1.86 bits per heavy atom. The molecular formula is C27H17F2N5O2. The molecule has 0 bridgehead atoms. The first-order valence-electron chi connectivity index (χ1n) is 10.8. The van der Waals surface area contributed by atoms with Crippen LogP contribution in [0.2, 0.25) is 0 Å². The number of nitrogens with zero attached hydrogens (tertiary/aromatic N) is 5. The van der Waals surface area contributed by atoms with E-state index in [1.54, 1.807) is 79.4 Å². The first-order chi connectivity index (χ1) is 17.5. The van der Waals surface area contributed by atoms with Gasteiger partial charge in [-0.05, 0) is 71.8 Å². The molecule has 0 aliphatic carbocycles. The highest BCUT2D eigenvalue weighted by atomic mass is 19.1. The predicted octanol–water partition coefficient (Wildman–Crippen LogP) is 4.69. The molecular weight excluding hydrogens is 464 g/mol. The van der Waals surface area contributed by atoms with Crippen LogP contribution in [0.3, 0.4) is 0 Å². The summed E-state index contributed by atoms with van der Waals surface area (Å²) in [6.45, 7) is 0. The number of hydrogen-bond acceptors (Lipinski definition) is 6. The van der Waals surface area contributed by atoms with Crippen molar-refractivity contribution in [2.75, 3.05) is 0 Å². The van der Waals surface area contributed by atoms with Gasteiger partial charge in [-0.3, -0.25) is 15.0 Å². The minimum atomic E-state index is -1.22. The number of pyridine rings is 5. The highest BCUT2D eigenvalue weighted by molar-refractivity contribution is 5.85. The molecule has 0 unspecified atom stereocenters. The molecule has 0 spiro atoms. The van der Waals surface area contributed by atoms with Crippen LogP contribution < -0.4 is 0 Å². The van der Waals surface area contributed by atoms with Gasteiger partial charge in [-0.15, -0.1) is 0 Å². The number of hydrogen-bond donors (Lipinski definition) is 1. The van der Waals surface area contributed by atoms with E-state index in [1.165, 1.54) is 12.1 Å². The molecule has 5 aromatic heterocycles. The zero-order chi connectivity index (χ0) is 25.1. The van der Waals surface area contributed by atoms with Crippen LogP contribution in [-0.4, -0.2) is 36.0 Å². The monoisotopic (exact) mass is 481 g/mol. The molecule has 0 amide bonds. The van der Waals surface area contributed by atoms with E-state index in [0.717, 1.165) is 6.07 Å². The molecule has 5 heterocycles. The van der Waals surface area contributed by atoms with Gasteiger partial charge in [0.2, 0.25) is 11.9 Å². The summed E-state index contributed by atoms with van der Waals surface area (Å²) in [4.78, 5) is 32.6. The fourth-order valence-corrected chi connectivity index (χ4v) is 4.25. The normalized spacial score (nSPS) is 11.3. The third-order valence-electron chi connectivity index (χ3n) is 5.80. The van der Waals surface area contributed by atoms with Gasteiger partial charge in [0.25, 0.3) is 0 Å². The fourth-order valence-electron chi connectivity index (χ4n) is 4.25. The lowest BCUT2D eigenvalue weighted by Gasteiger charge is -2.34. The third kappa shape index (κ3) is 3.96. The molecule has 0 aromatic carbocycles. The van der Waals surface area contributed by atoms with E-state index in [4.69, 9.17) is 4.98 Å². The molecule has 5 rings (SSSR count). The first-order valence-corrected chi connectivity index (χ1v) is 10.8. The van der Waals surface area contributed by atoms with Crippen LogP contribution in [0.4, 0.5) is 8.78 Å². The average Bonchev–Trinajstić information content (AvgIpc) is 2.91. The molecule has 0 fully saturated rings. The Balaban J connectivity index is 1.87. The maximum absolute atomic E-state index is 14.6. The van der Waals surface area contributed by atoms with Crippen molar-refractivity contribution in [1.82, 2.24) is 24.9 Å². The molecule has 176 valence electrons. The second-order valence-corrected chi connectivity index (χ2v) is 7.82. The maximum atomic E-state index is 14.6. The summed E-state index contributed by atoms with van der Waals surface area (Å²) in [6, 6.07) is 19.2. The highest BCUT2D eigenvalue weighted by Crippen LogP contribution is 2.43.